The third-order valence-corrected chi connectivity index (χ3v) is 6.18. The van der Waals surface area contributed by atoms with Gasteiger partial charge in [-0.1, -0.05) is 30.3 Å². The molecule has 166 valence electrons. The maximum atomic E-state index is 13.2. The number of carbonyl (C=O) groups excluding carboxylic acids is 3. The highest BCUT2D eigenvalue weighted by molar-refractivity contribution is 5.98. The summed E-state index contributed by atoms with van der Waals surface area (Å²) in [4.78, 5) is 45.8. The first-order chi connectivity index (χ1) is 16.1. The van der Waals surface area contributed by atoms with Crippen molar-refractivity contribution < 1.29 is 19.1 Å². The number of benzene rings is 2. The van der Waals surface area contributed by atoms with Gasteiger partial charge in [-0.2, -0.15) is 0 Å². The SMILES string of the molecule is O=C1O[C@H](c2ccccc2)Cc2cc(C(=O)N3CCN(C(=O)c4ccncc4)CC3)ccc21. The minimum atomic E-state index is -0.368. The predicted molar refractivity (Wildman–Crippen MR) is 121 cm³/mol. The molecule has 2 aliphatic heterocycles. The normalized spacial score (nSPS) is 17.8. The number of amides is 2. The zero-order chi connectivity index (χ0) is 22.8. The smallest absolute Gasteiger partial charge is 0.339 e. The van der Waals surface area contributed by atoms with Gasteiger partial charge in [-0.15, -0.1) is 0 Å². The highest BCUT2D eigenvalue weighted by Crippen LogP contribution is 2.31. The Balaban J connectivity index is 1.28. The Hall–Kier alpha value is -4.00. The van der Waals surface area contributed by atoms with Gasteiger partial charge in [0.25, 0.3) is 11.8 Å². The van der Waals surface area contributed by atoms with Gasteiger partial charge >= 0.3 is 5.97 Å². The predicted octanol–water partition coefficient (Wildman–Crippen LogP) is 3.13. The lowest BCUT2D eigenvalue weighted by molar-refractivity contribution is 0.0252. The second-order valence-electron chi connectivity index (χ2n) is 8.20. The molecule has 5 rings (SSSR count). The van der Waals surface area contributed by atoms with E-state index < -0.39 is 0 Å². The highest BCUT2D eigenvalue weighted by Gasteiger charge is 2.30. The van der Waals surface area contributed by atoms with Crippen LogP contribution < -0.4 is 0 Å². The summed E-state index contributed by atoms with van der Waals surface area (Å²) in [5.74, 6) is -0.514. The van der Waals surface area contributed by atoms with Crippen molar-refractivity contribution in [3.63, 3.8) is 0 Å². The highest BCUT2D eigenvalue weighted by atomic mass is 16.5. The lowest BCUT2D eigenvalue weighted by Gasteiger charge is -2.35. The van der Waals surface area contributed by atoms with Crippen LogP contribution in [0.1, 0.15) is 48.3 Å². The molecule has 0 radical (unpaired) electrons. The molecule has 0 aliphatic carbocycles. The summed E-state index contributed by atoms with van der Waals surface area (Å²) in [6.45, 7) is 1.86. The molecule has 0 saturated carbocycles. The van der Waals surface area contributed by atoms with Crippen LogP contribution in [0.15, 0.2) is 73.1 Å². The van der Waals surface area contributed by atoms with E-state index in [4.69, 9.17) is 4.74 Å². The molecule has 1 aromatic heterocycles. The molecule has 7 nitrogen and oxygen atoms in total. The van der Waals surface area contributed by atoms with E-state index in [2.05, 4.69) is 4.98 Å². The molecule has 33 heavy (non-hydrogen) atoms. The largest absolute Gasteiger partial charge is 0.454 e. The first-order valence-electron chi connectivity index (χ1n) is 11.0. The van der Waals surface area contributed by atoms with Crippen molar-refractivity contribution in [3.8, 4) is 0 Å². The van der Waals surface area contributed by atoms with Crippen molar-refractivity contribution >= 4 is 17.8 Å². The summed E-state index contributed by atoms with van der Waals surface area (Å²) in [6.07, 6.45) is 3.36. The molecule has 2 amide bonds. The number of fused-ring (bicyclic) bond motifs is 1. The molecule has 2 aliphatic rings. The Labute approximate surface area is 191 Å². The summed E-state index contributed by atoms with van der Waals surface area (Å²) >= 11 is 0. The van der Waals surface area contributed by atoms with Crippen LogP contribution in [0.2, 0.25) is 0 Å². The zero-order valence-corrected chi connectivity index (χ0v) is 18.0. The van der Waals surface area contributed by atoms with E-state index in [1.165, 1.54) is 0 Å². The van der Waals surface area contributed by atoms with Crippen LogP contribution in [0.4, 0.5) is 0 Å². The number of ether oxygens (including phenoxy) is 1. The maximum Gasteiger partial charge on any atom is 0.339 e. The third-order valence-electron chi connectivity index (χ3n) is 6.18. The Bertz CT molecular complexity index is 1190. The number of carbonyl (C=O) groups is 3. The van der Waals surface area contributed by atoms with Crippen LogP contribution in [0, 0.1) is 0 Å². The average molecular weight is 441 g/mol. The van der Waals surface area contributed by atoms with E-state index in [0.29, 0.717) is 49.3 Å². The topological polar surface area (TPSA) is 79.8 Å². The minimum absolute atomic E-state index is 0.0521. The quantitative estimate of drug-likeness (QED) is 0.584. The molecule has 3 aromatic rings. The number of hydrogen-bond acceptors (Lipinski definition) is 5. The van der Waals surface area contributed by atoms with Gasteiger partial charge in [-0.3, -0.25) is 14.6 Å². The molecule has 7 heteroatoms. The Kier molecular flexibility index (Phi) is 5.60. The molecule has 0 N–H and O–H groups in total. The zero-order valence-electron chi connectivity index (χ0n) is 18.0. The van der Waals surface area contributed by atoms with Crippen LogP contribution in [-0.2, 0) is 11.2 Å². The van der Waals surface area contributed by atoms with Gasteiger partial charge in [0.15, 0.2) is 0 Å². The monoisotopic (exact) mass is 441 g/mol. The molecular formula is C26H23N3O4. The first-order valence-corrected chi connectivity index (χ1v) is 11.0. The number of esters is 1. The Morgan fingerprint density at radius 3 is 2.12 bits per heavy atom. The van der Waals surface area contributed by atoms with Crippen molar-refractivity contribution in [1.29, 1.82) is 0 Å². The molecule has 3 heterocycles. The van der Waals surface area contributed by atoms with Crippen LogP contribution in [-0.4, -0.2) is 58.7 Å². The van der Waals surface area contributed by atoms with Gasteiger partial charge < -0.3 is 14.5 Å². The van der Waals surface area contributed by atoms with Gasteiger partial charge in [0.05, 0.1) is 5.56 Å². The van der Waals surface area contributed by atoms with Gasteiger partial charge in [-0.05, 0) is 41.5 Å². The van der Waals surface area contributed by atoms with E-state index >= 15 is 0 Å². The molecule has 1 atom stereocenters. The van der Waals surface area contributed by atoms with E-state index in [9.17, 15) is 14.4 Å². The van der Waals surface area contributed by atoms with E-state index in [1.54, 1.807) is 46.5 Å². The van der Waals surface area contributed by atoms with Crippen LogP contribution in [0.3, 0.4) is 0 Å². The van der Waals surface area contributed by atoms with Crippen molar-refractivity contribution in [2.75, 3.05) is 26.2 Å². The molecule has 0 bridgehead atoms. The standard InChI is InChI=1S/C26H23N3O4/c30-24(19-8-10-27-11-9-19)28-12-14-29(15-13-28)25(31)20-6-7-22-21(16-20)17-23(33-26(22)32)18-4-2-1-3-5-18/h1-11,16,23H,12-15,17H2/t23-/m0/s1. The van der Waals surface area contributed by atoms with E-state index in [1.807, 2.05) is 36.4 Å². The van der Waals surface area contributed by atoms with Crippen LogP contribution in [0.25, 0.3) is 0 Å². The lowest BCUT2D eigenvalue weighted by Crippen LogP contribution is -2.50. The lowest BCUT2D eigenvalue weighted by atomic mass is 9.93. The molecule has 1 fully saturated rings. The molecule has 0 spiro atoms. The van der Waals surface area contributed by atoms with Crippen LogP contribution in [0.5, 0.6) is 0 Å². The summed E-state index contributed by atoms with van der Waals surface area (Å²) in [5.41, 5.74) is 3.40. The summed E-state index contributed by atoms with van der Waals surface area (Å²) in [5, 5.41) is 0. The average Bonchev–Trinajstić information content (AvgIpc) is 2.88. The fraction of sp³-hybridized carbons (Fsp3) is 0.231. The first kappa shape index (κ1) is 20.9. The fourth-order valence-corrected chi connectivity index (χ4v) is 4.35. The van der Waals surface area contributed by atoms with Crippen LogP contribution >= 0.6 is 0 Å². The summed E-state index contributed by atoms with van der Waals surface area (Å²) < 4.78 is 5.61. The number of rotatable bonds is 3. The van der Waals surface area contributed by atoms with Gasteiger partial charge in [0, 0.05) is 56.1 Å². The fourth-order valence-electron chi connectivity index (χ4n) is 4.35. The Morgan fingerprint density at radius 2 is 1.45 bits per heavy atom. The second-order valence-corrected chi connectivity index (χ2v) is 8.20. The van der Waals surface area contributed by atoms with E-state index in [0.717, 1.165) is 11.1 Å². The van der Waals surface area contributed by atoms with E-state index in [-0.39, 0.29) is 23.9 Å². The van der Waals surface area contributed by atoms with Gasteiger partial charge in [0.1, 0.15) is 6.10 Å². The summed E-state index contributed by atoms with van der Waals surface area (Å²) in [7, 11) is 0. The Morgan fingerprint density at radius 1 is 0.818 bits per heavy atom. The number of hydrogen-bond donors (Lipinski definition) is 0. The van der Waals surface area contributed by atoms with Gasteiger partial charge in [-0.25, -0.2) is 4.79 Å². The summed E-state index contributed by atoms with van der Waals surface area (Å²) in [6, 6.07) is 18.2. The number of aromatic nitrogens is 1. The minimum Gasteiger partial charge on any atom is -0.454 e. The number of piperazine rings is 1. The molecule has 0 unspecified atom stereocenters. The van der Waals surface area contributed by atoms with Crippen molar-refractivity contribution in [1.82, 2.24) is 14.8 Å². The van der Waals surface area contributed by atoms with Crippen molar-refractivity contribution in [2.24, 2.45) is 0 Å². The maximum absolute atomic E-state index is 13.2. The molecule has 2 aromatic carbocycles. The van der Waals surface area contributed by atoms with Crippen molar-refractivity contribution in [3.05, 3.63) is 101 Å². The molecule has 1 saturated heterocycles. The number of pyridine rings is 1. The number of cyclic esters (lactones) is 1. The van der Waals surface area contributed by atoms with Crippen molar-refractivity contribution in [2.45, 2.75) is 12.5 Å². The third kappa shape index (κ3) is 4.22. The number of nitrogens with zero attached hydrogens (tertiary/aromatic N) is 3. The second kappa shape index (κ2) is 8.86. The van der Waals surface area contributed by atoms with Gasteiger partial charge in [0.2, 0.25) is 0 Å². The molecular weight excluding hydrogens is 418 g/mol.